The average molecular weight is 265 g/mol. The molecule has 0 aliphatic carbocycles. The van der Waals surface area contributed by atoms with Gasteiger partial charge in [-0.15, -0.1) is 0 Å². The van der Waals surface area contributed by atoms with Crippen molar-refractivity contribution in [3.8, 4) is 0 Å². The van der Waals surface area contributed by atoms with Gasteiger partial charge in [0.25, 0.3) is 0 Å². The summed E-state index contributed by atoms with van der Waals surface area (Å²) in [6.45, 7) is 8.74. The molecule has 0 aliphatic heterocycles. The molecule has 0 aliphatic rings. The molecule has 5 nitrogen and oxygen atoms in total. The molecule has 0 aromatic carbocycles. The van der Waals surface area contributed by atoms with Crippen molar-refractivity contribution < 1.29 is 9.53 Å². The molecule has 19 heavy (non-hydrogen) atoms. The lowest BCUT2D eigenvalue weighted by Crippen LogP contribution is -2.37. The highest BCUT2D eigenvalue weighted by Crippen LogP contribution is 2.07. The summed E-state index contributed by atoms with van der Waals surface area (Å²) in [4.78, 5) is 15.7. The summed E-state index contributed by atoms with van der Waals surface area (Å²) in [6, 6.07) is 5.97. The maximum atomic E-state index is 11.4. The molecule has 2 N–H and O–H groups in total. The van der Waals surface area contributed by atoms with Crippen LogP contribution >= 0.6 is 0 Å². The van der Waals surface area contributed by atoms with E-state index in [1.807, 2.05) is 45.9 Å². The fourth-order valence-corrected chi connectivity index (χ4v) is 1.50. The Bertz CT molecular complexity index is 387. The van der Waals surface area contributed by atoms with Crippen LogP contribution in [0.15, 0.2) is 24.4 Å². The highest BCUT2D eigenvalue weighted by Gasteiger charge is 2.15. The van der Waals surface area contributed by atoms with E-state index in [1.165, 1.54) is 0 Å². The van der Waals surface area contributed by atoms with Gasteiger partial charge in [-0.1, -0.05) is 6.07 Å². The van der Waals surface area contributed by atoms with E-state index in [1.54, 1.807) is 6.20 Å². The maximum absolute atomic E-state index is 11.4. The highest BCUT2D eigenvalue weighted by atomic mass is 16.6. The van der Waals surface area contributed by atoms with Gasteiger partial charge in [-0.25, -0.2) is 4.79 Å². The topological polar surface area (TPSA) is 63.2 Å². The van der Waals surface area contributed by atoms with E-state index in [4.69, 9.17) is 4.74 Å². The van der Waals surface area contributed by atoms with Crippen molar-refractivity contribution in [3.63, 3.8) is 0 Å². The molecule has 106 valence electrons. The molecule has 1 heterocycles. The van der Waals surface area contributed by atoms with Crippen LogP contribution in [0.1, 0.15) is 39.4 Å². The minimum absolute atomic E-state index is 0.154. The molecule has 1 unspecified atom stereocenters. The van der Waals surface area contributed by atoms with E-state index in [-0.39, 0.29) is 12.1 Å². The molecule has 1 atom stereocenters. The second kappa shape index (κ2) is 7.09. The van der Waals surface area contributed by atoms with Gasteiger partial charge in [-0.2, -0.15) is 0 Å². The average Bonchev–Trinajstić information content (AvgIpc) is 2.33. The van der Waals surface area contributed by atoms with Crippen molar-refractivity contribution in [2.45, 2.75) is 39.3 Å². The first-order valence-electron chi connectivity index (χ1n) is 6.49. The monoisotopic (exact) mass is 265 g/mol. The van der Waals surface area contributed by atoms with Crippen LogP contribution in [0.3, 0.4) is 0 Å². The Labute approximate surface area is 114 Å². The van der Waals surface area contributed by atoms with E-state index in [2.05, 4.69) is 15.6 Å². The molecule has 1 aromatic heterocycles. The first-order chi connectivity index (χ1) is 8.88. The van der Waals surface area contributed by atoms with Gasteiger partial charge in [0.2, 0.25) is 0 Å². The summed E-state index contributed by atoms with van der Waals surface area (Å²) in [5, 5.41) is 5.99. The smallest absolute Gasteiger partial charge is 0.407 e. The third-order valence-electron chi connectivity index (χ3n) is 2.38. The van der Waals surface area contributed by atoms with Crippen LogP contribution in [0, 0.1) is 0 Å². The number of carbonyl (C=O) groups is 1. The second-order valence-electron chi connectivity index (χ2n) is 5.36. The van der Waals surface area contributed by atoms with E-state index < -0.39 is 5.60 Å². The molecule has 0 saturated carbocycles. The van der Waals surface area contributed by atoms with Crippen LogP contribution in [-0.2, 0) is 4.74 Å². The fourth-order valence-electron chi connectivity index (χ4n) is 1.50. The maximum Gasteiger partial charge on any atom is 0.407 e. The molecule has 1 aromatic rings. The number of hydrogen-bond acceptors (Lipinski definition) is 4. The third kappa shape index (κ3) is 6.76. The zero-order valence-corrected chi connectivity index (χ0v) is 12.1. The number of pyridine rings is 1. The van der Waals surface area contributed by atoms with Crippen LogP contribution in [0.2, 0.25) is 0 Å². The Balaban J connectivity index is 2.19. The molecular weight excluding hydrogens is 242 g/mol. The Morgan fingerprint density at radius 3 is 2.68 bits per heavy atom. The van der Waals surface area contributed by atoms with Gasteiger partial charge in [-0.3, -0.25) is 4.98 Å². The van der Waals surface area contributed by atoms with Crippen LogP contribution in [0.25, 0.3) is 0 Å². The van der Waals surface area contributed by atoms with Gasteiger partial charge in [0.05, 0.1) is 5.69 Å². The number of amides is 1. The number of rotatable bonds is 5. The van der Waals surface area contributed by atoms with Gasteiger partial charge >= 0.3 is 6.09 Å². The number of aromatic nitrogens is 1. The Morgan fingerprint density at radius 1 is 1.37 bits per heavy atom. The molecule has 0 fully saturated rings. The van der Waals surface area contributed by atoms with Gasteiger partial charge in [0, 0.05) is 25.3 Å². The van der Waals surface area contributed by atoms with Crippen molar-refractivity contribution in [3.05, 3.63) is 30.1 Å². The number of alkyl carbamates (subject to hydrolysis) is 1. The molecule has 0 spiro atoms. The summed E-state index contributed by atoms with van der Waals surface area (Å²) in [5.41, 5.74) is 0.526. The minimum Gasteiger partial charge on any atom is -0.444 e. The molecule has 1 rings (SSSR count). The van der Waals surface area contributed by atoms with Crippen LogP contribution in [0.4, 0.5) is 4.79 Å². The third-order valence-corrected chi connectivity index (χ3v) is 2.38. The first kappa shape index (κ1) is 15.4. The Kier molecular flexibility index (Phi) is 5.76. The van der Waals surface area contributed by atoms with E-state index >= 15 is 0 Å². The minimum atomic E-state index is -0.460. The van der Waals surface area contributed by atoms with Gasteiger partial charge < -0.3 is 15.4 Å². The predicted molar refractivity (Wildman–Crippen MR) is 74.9 cm³/mol. The summed E-state index contributed by atoms with van der Waals surface area (Å²) >= 11 is 0. The van der Waals surface area contributed by atoms with Crippen molar-refractivity contribution >= 4 is 6.09 Å². The zero-order chi connectivity index (χ0) is 14.3. The molecule has 0 saturated heterocycles. The Hall–Kier alpha value is -1.62. The van der Waals surface area contributed by atoms with E-state index in [0.29, 0.717) is 13.1 Å². The standard InChI is InChI=1S/C14H23N3O2/c1-11(12-7-5-6-8-16-12)15-9-10-17-13(18)19-14(2,3)4/h5-8,11,15H,9-10H2,1-4H3,(H,17,18). The Morgan fingerprint density at radius 2 is 2.11 bits per heavy atom. The lowest BCUT2D eigenvalue weighted by Gasteiger charge is -2.20. The molecular formula is C14H23N3O2. The number of carbonyl (C=O) groups excluding carboxylic acids is 1. The highest BCUT2D eigenvalue weighted by molar-refractivity contribution is 5.67. The largest absolute Gasteiger partial charge is 0.444 e. The molecule has 0 bridgehead atoms. The van der Waals surface area contributed by atoms with Crippen molar-refractivity contribution in [1.82, 2.24) is 15.6 Å². The predicted octanol–water partition coefficient (Wildman–Crippen LogP) is 2.26. The van der Waals surface area contributed by atoms with Crippen LogP contribution in [0.5, 0.6) is 0 Å². The number of ether oxygens (including phenoxy) is 1. The second-order valence-corrected chi connectivity index (χ2v) is 5.36. The van der Waals surface area contributed by atoms with Gasteiger partial charge in [0.1, 0.15) is 5.60 Å². The molecule has 0 radical (unpaired) electrons. The van der Waals surface area contributed by atoms with Gasteiger partial charge in [-0.05, 0) is 39.8 Å². The first-order valence-corrected chi connectivity index (χ1v) is 6.49. The van der Waals surface area contributed by atoms with Crippen molar-refractivity contribution in [2.75, 3.05) is 13.1 Å². The molecule has 5 heteroatoms. The summed E-state index contributed by atoms with van der Waals surface area (Å²) in [6.07, 6.45) is 1.38. The number of nitrogens with one attached hydrogen (secondary N) is 2. The van der Waals surface area contributed by atoms with Crippen molar-refractivity contribution in [2.24, 2.45) is 0 Å². The number of nitrogens with zero attached hydrogens (tertiary/aromatic N) is 1. The van der Waals surface area contributed by atoms with Crippen LogP contribution < -0.4 is 10.6 Å². The molecule has 1 amide bonds. The van der Waals surface area contributed by atoms with Crippen LogP contribution in [-0.4, -0.2) is 29.8 Å². The van der Waals surface area contributed by atoms with Gasteiger partial charge in [0.15, 0.2) is 0 Å². The zero-order valence-electron chi connectivity index (χ0n) is 12.1. The fraction of sp³-hybridized carbons (Fsp3) is 0.571. The SMILES string of the molecule is CC(NCCNC(=O)OC(C)(C)C)c1ccccn1. The van der Waals surface area contributed by atoms with Crippen molar-refractivity contribution in [1.29, 1.82) is 0 Å². The summed E-state index contributed by atoms with van der Waals surface area (Å²) in [7, 11) is 0. The summed E-state index contributed by atoms with van der Waals surface area (Å²) < 4.78 is 5.14. The normalized spacial score (nSPS) is 12.8. The summed E-state index contributed by atoms with van der Waals surface area (Å²) in [5.74, 6) is 0. The lowest BCUT2D eigenvalue weighted by atomic mass is 10.2. The van der Waals surface area contributed by atoms with E-state index in [9.17, 15) is 4.79 Å². The lowest BCUT2D eigenvalue weighted by molar-refractivity contribution is 0.0528. The number of hydrogen-bond donors (Lipinski definition) is 2. The quantitative estimate of drug-likeness (QED) is 0.802. The van der Waals surface area contributed by atoms with E-state index in [0.717, 1.165) is 5.69 Å².